The van der Waals surface area contributed by atoms with Crippen LogP contribution in [0.4, 0.5) is 5.69 Å². The van der Waals surface area contributed by atoms with Crippen LogP contribution in [0.15, 0.2) is 52.3 Å². The number of hydrogen-bond donors (Lipinski definition) is 1. The fourth-order valence-electron chi connectivity index (χ4n) is 3.09. The lowest BCUT2D eigenvalue weighted by Crippen LogP contribution is -2.11. The van der Waals surface area contributed by atoms with Crippen molar-refractivity contribution in [1.82, 2.24) is 4.98 Å². The molecule has 0 unspecified atom stereocenters. The predicted molar refractivity (Wildman–Crippen MR) is 106 cm³/mol. The van der Waals surface area contributed by atoms with Crippen LogP contribution in [-0.4, -0.2) is 10.9 Å². The van der Waals surface area contributed by atoms with E-state index < -0.39 is 0 Å². The Balaban J connectivity index is 1.74. The highest BCUT2D eigenvalue weighted by Gasteiger charge is 2.16. The van der Waals surface area contributed by atoms with Gasteiger partial charge < -0.3 is 9.73 Å². The lowest BCUT2D eigenvalue weighted by Gasteiger charge is -2.10. The third kappa shape index (κ3) is 2.91. The molecule has 5 heteroatoms. The van der Waals surface area contributed by atoms with Crippen LogP contribution >= 0.6 is 11.3 Å². The Labute approximate surface area is 155 Å². The Morgan fingerprint density at radius 2 is 1.96 bits per heavy atom. The van der Waals surface area contributed by atoms with Gasteiger partial charge in [0.15, 0.2) is 5.58 Å². The summed E-state index contributed by atoms with van der Waals surface area (Å²) >= 11 is 1.42. The van der Waals surface area contributed by atoms with Crippen molar-refractivity contribution in [2.75, 3.05) is 5.32 Å². The largest absolute Gasteiger partial charge is 0.436 e. The highest BCUT2D eigenvalue weighted by molar-refractivity contribution is 7.12. The maximum atomic E-state index is 12.4. The van der Waals surface area contributed by atoms with Gasteiger partial charge >= 0.3 is 0 Å². The van der Waals surface area contributed by atoms with Crippen molar-refractivity contribution >= 4 is 34.0 Å². The molecule has 4 nitrogen and oxygen atoms in total. The first-order valence-corrected chi connectivity index (χ1v) is 9.23. The number of aryl methyl sites for hydroxylation is 2. The number of thiophene rings is 1. The number of fused-ring (bicyclic) bond motifs is 1. The number of nitrogens with zero attached hydrogens (tertiary/aromatic N) is 1. The lowest BCUT2D eigenvalue weighted by atomic mass is 10.1. The van der Waals surface area contributed by atoms with Crippen LogP contribution in [0.1, 0.15) is 26.4 Å². The maximum absolute atomic E-state index is 12.4. The minimum Gasteiger partial charge on any atom is -0.436 e. The molecule has 4 rings (SSSR count). The van der Waals surface area contributed by atoms with E-state index in [2.05, 4.69) is 16.4 Å². The molecule has 0 aliphatic rings. The van der Waals surface area contributed by atoms with E-state index in [9.17, 15) is 4.79 Å². The predicted octanol–water partition coefficient (Wildman–Crippen LogP) is 5.73. The first-order chi connectivity index (χ1) is 12.5. The molecule has 0 aliphatic heterocycles. The van der Waals surface area contributed by atoms with E-state index in [0.717, 1.165) is 39.0 Å². The van der Waals surface area contributed by atoms with Crippen molar-refractivity contribution in [3.8, 4) is 11.5 Å². The molecule has 2 heterocycles. The molecule has 0 aliphatic carbocycles. The van der Waals surface area contributed by atoms with E-state index in [-0.39, 0.29) is 5.91 Å². The average Bonchev–Trinajstić information content (AvgIpc) is 3.26. The van der Waals surface area contributed by atoms with Crippen molar-refractivity contribution in [2.45, 2.75) is 20.8 Å². The van der Waals surface area contributed by atoms with Crippen LogP contribution < -0.4 is 5.32 Å². The number of anilines is 1. The molecule has 2 aromatic heterocycles. The monoisotopic (exact) mass is 362 g/mol. The van der Waals surface area contributed by atoms with Crippen LogP contribution in [0.25, 0.3) is 22.6 Å². The van der Waals surface area contributed by atoms with Crippen LogP contribution in [0.2, 0.25) is 0 Å². The fourth-order valence-corrected chi connectivity index (χ4v) is 3.71. The highest BCUT2D eigenvalue weighted by atomic mass is 32.1. The third-order valence-electron chi connectivity index (χ3n) is 4.38. The molecule has 1 N–H and O–H groups in total. The van der Waals surface area contributed by atoms with E-state index in [1.54, 1.807) is 0 Å². The first-order valence-electron chi connectivity index (χ1n) is 8.35. The van der Waals surface area contributed by atoms with Gasteiger partial charge in [-0.05, 0) is 67.1 Å². The van der Waals surface area contributed by atoms with E-state index in [0.29, 0.717) is 10.8 Å². The topological polar surface area (TPSA) is 55.1 Å². The zero-order valence-electron chi connectivity index (χ0n) is 14.8. The molecule has 130 valence electrons. The summed E-state index contributed by atoms with van der Waals surface area (Å²) in [7, 11) is 0. The molecular formula is C21H18N2O2S. The van der Waals surface area contributed by atoms with Gasteiger partial charge in [0.2, 0.25) is 5.89 Å². The molecular weight excluding hydrogens is 344 g/mol. The fraction of sp³-hybridized carbons (Fsp3) is 0.143. The van der Waals surface area contributed by atoms with Crippen LogP contribution in [0, 0.1) is 20.8 Å². The number of oxazole rings is 1. The number of aromatic nitrogens is 1. The molecule has 1 amide bonds. The lowest BCUT2D eigenvalue weighted by molar-refractivity contribution is 0.103. The smallest absolute Gasteiger partial charge is 0.265 e. The summed E-state index contributed by atoms with van der Waals surface area (Å²) in [4.78, 5) is 17.7. The minimum atomic E-state index is -0.107. The van der Waals surface area contributed by atoms with Gasteiger partial charge in [0, 0.05) is 11.3 Å². The second-order valence-corrected chi connectivity index (χ2v) is 7.31. The van der Waals surface area contributed by atoms with Gasteiger partial charge in [0.05, 0.1) is 4.88 Å². The van der Waals surface area contributed by atoms with Gasteiger partial charge in [-0.1, -0.05) is 18.2 Å². The summed E-state index contributed by atoms with van der Waals surface area (Å²) in [5, 5.41) is 4.87. The van der Waals surface area contributed by atoms with Gasteiger partial charge in [-0.15, -0.1) is 11.3 Å². The second-order valence-electron chi connectivity index (χ2n) is 6.36. The number of hydrogen-bond acceptors (Lipinski definition) is 4. The summed E-state index contributed by atoms with van der Waals surface area (Å²) in [6.45, 7) is 6.04. The number of benzene rings is 2. The Bertz CT molecular complexity index is 1110. The van der Waals surface area contributed by atoms with Crippen LogP contribution in [0.5, 0.6) is 0 Å². The molecule has 0 fully saturated rings. The Morgan fingerprint density at radius 1 is 1.12 bits per heavy atom. The summed E-state index contributed by atoms with van der Waals surface area (Å²) in [5.74, 6) is 0.461. The normalized spacial score (nSPS) is 11.0. The SMILES string of the molecule is Cc1cc(C)c2oc(-c3cccc(NC(=O)c4cccs4)c3C)nc2c1. The molecule has 0 radical (unpaired) electrons. The van der Waals surface area contributed by atoms with Gasteiger partial charge in [0.25, 0.3) is 5.91 Å². The average molecular weight is 362 g/mol. The maximum Gasteiger partial charge on any atom is 0.265 e. The van der Waals surface area contributed by atoms with Crippen molar-refractivity contribution in [3.63, 3.8) is 0 Å². The number of carbonyl (C=O) groups is 1. The van der Waals surface area contributed by atoms with E-state index >= 15 is 0 Å². The van der Waals surface area contributed by atoms with Crippen molar-refractivity contribution < 1.29 is 9.21 Å². The first kappa shape index (κ1) is 16.5. The number of nitrogens with one attached hydrogen (secondary N) is 1. The Hall–Kier alpha value is -2.92. The second kappa shape index (κ2) is 6.42. The molecule has 0 spiro atoms. The summed E-state index contributed by atoms with van der Waals surface area (Å²) in [5.41, 5.74) is 6.45. The van der Waals surface area contributed by atoms with E-state index in [4.69, 9.17) is 4.42 Å². The Morgan fingerprint density at radius 3 is 2.73 bits per heavy atom. The summed E-state index contributed by atoms with van der Waals surface area (Å²) in [6.07, 6.45) is 0. The van der Waals surface area contributed by atoms with Gasteiger partial charge in [-0.3, -0.25) is 4.79 Å². The molecule has 2 aromatic carbocycles. The van der Waals surface area contributed by atoms with Gasteiger partial charge in [-0.25, -0.2) is 4.98 Å². The number of amides is 1. The molecule has 26 heavy (non-hydrogen) atoms. The number of carbonyl (C=O) groups excluding carboxylic acids is 1. The third-order valence-corrected chi connectivity index (χ3v) is 5.25. The molecule has 0 atom stereocenters. The molecule has 0 saturated carbocycles. The number of rotatable bonds is 3. The molecule has 0 saturated heterocycles. The van der Waals surface area contributed by atoms with Crippen molar-refractivity contribution in [2.24, 2.45) is 0 Å². The summed E-state index contributed by atoms with van der Waals surface area (Å²) in [6, 6.07) is 13.5. The molecule has 4 aromatic rings. The standard InChI is InChI=1S/C21H18N2O2S/c1-12-10-13(2)19-17(11-12)23-21(25-19)15-6-4-7-16(14(15)3)22-20(24)18-8-5-9-26-18/h4-11H,1-3H3,(H,22,24). The van der Waals surface area contributed by atoms with Crippen molar-refractivity contribution in [1.29, 1.82) is 0 Å². The van der Waals surface area contributed by atoms with Crippen molar-refractivity contribution in [3.05, 3.63) is 69.4 Å². The highest BCUT2D eigenvalue weighted by Crippen LogP contribution is 2.32. The zero-order valence-corrected chi connectivity index (χ0v) is 15.6. The van der Waals surface area contributed by atoms with Gasteiger partial charge in [0.1, 0.15) is 5.52 Å². The summed E-state index contributed by atoms with van der Waals surface area (Å²) < 4.78 is 6.03. The Kier molecular flexibility index (Phi) is 4.09. The van der Waals surface area contributed by atoms with Gasteiger partial charge in [-0.2, -0.15) is 0 Å². The molecule has 0 bridgehead atoms. The van der Waals surface area contributed by atoms with Crippen LogP contribution in [-0.2, 0) is 0 Å². The quantitative estimate of drug-likeness (QED) is 0.506. The van der Waals surface area contributed by atoms with E-state index in [1.807, 2.05) is 62.5 Å². The van der Waals surface area contributed by atoms with Crippen LogP contribution in [0.3, 0.4) is 0 Å². The zero-order chi connectivity index (χ0) is 18.3. The minimum absolute atomic E-state index is 0.107. The van der Waals surface area contributed by atoms with E-state index in [1.165, 1.54) is 11.3 Å².